The zero-order chi connectivity index (χ0) is 23.6. The van der Waals surface area contributed by atoms with Crippen molar-refractivity contribution in [3.05, 3.63) is 77.5 Å². The molecule has 1 saturated heterocycles. The van der Waals surface area contributed by atoms with Gasteiger partial charge < -0.3 is 14.9 Å². The van der Waals surface area contributed by atoms with Crippen LogP contribution < -0.4 is 14.5 Å². The lowest BCUT2D eigenvalue weighted by Gasteiger charge is -2.37. The van der Waals surface area contributed by atoms with Crippen molar-refractivity contribution in [2.75, 3.05) is 40.7 Å². The second-order valence-electron chi connectivity index (χ2n) is 8.07. The van der Waals surface area contributed by atoms with Crippen molar-refractivity contribution in [1.29, 1.82) is 0 Å². The minimum Gasteiger partial charge on any atom is -0.478 e. The summed E-state index contributed by atoms with van der Waals surface area (Å²) in [5, 5.41) is 9.82. The Bertz CT molecular complexity index is 1270. The molecule has 1 fully saturated rings. The highest BCUT2D eigenvalue weighted by molar-refractivity contribution is 7.92. The van der Waals surface area contributed by atoms with Gasteiger partial charge in [0.1, 0.15) is 5.82 Å². The van der Waals surface area contributed by atoms with Crippen molar-refractivity contribution in [2.24, 2.45) is 0 Å². The van der Waals surface area contributed by atoms with Crippen LogP contribution in [0.5, 0.6) is 0 Å². The number of aryl methyl sites for hydroxylation is 2. The predicted octanol–water partition coefficient (Wildman–Crippen LogP) is 3.52. The van der Waals surface area contributed by atoms with Gasteiger partial charge in [-0.3, -0.25) is 4.72 Å². The molecule has 0 radical (unpaired) electrons. The summed E-state index contributed by atoms with van der Waals surface area (Å²) in [6.07, 6.45) is 1.75. The summed E-state index contributed by atoms with van der Waals surface area (Å²) in [5.41, 5.74) is 2.43. The van der Waals surface area contributed by atoms with Crippen LogP contribution in [0.25, 0.3) is 0 Å². The van der Waals surface area contributed by atoms with Gasteiger partial charge in [0, 0.05) is 38.1 Å². The van der Waals surface area contributed by atoms with E-state index in [1.807, 2.05) is 30.0 Å². The first kappa shape index (κ1) is 22.6. The number of anilines is 3. The number of carboxylic acid groups (broad SMARTS) is 1. The first-order chi connectivity index (χ1) is 15.7. The number of hydrogen-bond donors (Lipinski definition) is 2. The fourth-order valence-corrected chi connectivity index (χ4v) is 5.35. The molecule has 0 amide bonds. The number of hydrogen-bond acceptors (Lipinski definition) is 6. The Hall–Kier alpha value is -3.59. The van der Waals surface area contributed by atoms with Crippen LogP contribution in [0.2, 0.25) is 0 Å². The van der Waals surface area contributed by atoms with E-state index in [1.54, 1.807) is 43.5 Å². The van der Waals surface area contributed by atoms with E-state index in [1.165, 1.54) is 6.07 Å². The lowest BCUT2D eigenvalue weighted by atomic mass is 10.1. The van der Waals surface area contributed by atoms with E-state index in [-0.39, 0.29) is 16.1 Å². The Balaban J connectivity index is 1.54. The number of piperazine rings is 1. The van der Waals surface area contributed by atoms with E-state index in [4.69, 9.17) is 0 Å². The number of benzene rings is 2. The first-order valence-electron chi connectivity index (χ1n) is 10.6. The molecule has 172 valence electrons. The molecule has 2 heterocycles. The fraction of sp³-hybridized carbons (Fsp3) is 0.250. The maximum absolute atomic E-state index is 12.9. The first-order valence-corrected chi connectivity index (χ1v) is 12.1. The summed E-state index contributed by atoms with van der Waals surface area (Å²) in [7, 11) is -3.85. The molecule has 1 aromatic heterocycles. The number of carboxylic acids is 1. The zero-order valence-electron chi connectivity index (χ0n) is 18.5. The van der Waals surface area contributed by atoms with Crippen LogP contribution in [0, 0.1) is 13.8 Å². The monoisotopic (exact) mass is 466 g/mol. The summed E-state index contributed by atoms with van der Waals surface area (Å²) in [4.78, 5) is 20.7. The maximum Gasteiger partial charge on any atom is 0.337 e. The standard InChI is InChI=1S/C24H26N4O4S/c1-17-6-9-22(18(2)15-17)33(31,32)26-19-7-8-21(20(16-19)24(29)30)27-11-13-28(14-12-27)23-5-3-4-10-25-23/h3-10,15-16,26H,11-14H2,1-2H3,(H,29,30). The third-order valence-electron chi connectivity index (χ3n) is 5.69. The number of nitrogens with one attached hydrogen (secondary N) is 1. The number of aromatic nitrogens is 1. The van der Waals surface area contributed by atoms with Crippen LogP contribution in [-0.4, -0.2) is 50.7 Å². The van der Waals surface area contributed by atoms with Crippen LogP contribution in [0.15, 0.2) is 65.7 Å². The Morgan fingerprint density at radius 3 is 2.33 bits per heavy atom. The number of rotatable bonds is 6. The SMILES string of the molecule is Cc1ccc(S(=O)(=O)Nc2ccc(N3CCN(c4ccccn4)CC3)c(C(=O)O)c2)c(C)c1. The Labute approximate surface area is 193 Å². The molecule has 0 bridgehead atoms. The number of pyridine rings is 1. The van der Waals surface area contributed by atoms with Gasteiger partial charge >= 0.3 is 5.97 Å². The van der Waals surface area contributed by atoms with Gasteiger partial charge in [-0.15, -0.1) is 0 Å². The van der Waals surface area contributed by atoms with Crippen LogP contribution >= 0.6 is 0 Å². The lowest BCUT2D eigenvalue weighted by molar-refractivity contribution is 0.0697. The van der Waals surface area contributed by atoms with E-state index in [2.05, 4.69) is 14.6 Å². The minimum absolute atomic E-state index is 0.0575. The topological polar surface area (TPSA) is 103 Å². The molecule has 0 aliphatic carbocycles. The van der Waals surface area contributed by atoms with E-state index in [0.717, 1.165) is 11.4 Å². The second-order valence-corrected chi connectivity index (χ2v) is 9.72. The molecule has 0 unspecified atom stereocenters. The van der Waals surface area contributed by atoms with Crippen molar-refractivity contribution >= 4 is 33.2 Å². The zero-order valence-corrected chi connectivity index (χ0v) is 19.3. The van der Waals surface area contributed by atoms with Gasteiger partial charge in [-0.25, -0.2) is 18.2 Å². The Kier molecular flexibility index (Phi) is 6.24. The van der Waals surface area contributed by atoms with Crippen molar-refractivity contribution in [3.63, 3.8) is 0 Å². The smallest absolute Gasteiger partial charge is 0.337 e. The molecular formula is C24H26N4O4S. The van der Waals surface area contributed by atoms with Gasteiger partial charge in [-0.1, -0.05) is 23.8 Å². The molecule has 8 nitrogen and oxygen atoms in total. The quantitative estimate of drug-likeness (QED) is 0.573. The summed E-state index contributed by atoms with van der Waals surface area (Å²) >= 11 is 0. The third-order valence-corrected chi connectivity index (χ3v) is 7.23. The molecule has 1 aliphatic heterocycles. The molecule has 2 N–H and O–H groups in total. The van der Waals surface area contributed by atoms with E-state index in [9.17, 15) is 18.3 Å². The van der Waals surface area contributed by atoms with Crippen molar-refractivity contribution < 1.29 is 18.3 Å². The van der Waals surface area contributed by atoms with Gasteiger partial charge in [0.05, 0.1) is 16.1 Å². The van der Waals surface area contributed by atoms with Crippen LogP contribution in [0.1, 0.15) is 21.5 Å². The highest BCUT2D eigenvalue weighted by Gasteiger charge is 2.24. The number of carbonyl (C=O) groups is 1. The highest BCUT2D eigenvalue weighted by atomic mass is 32.2. The molecule has 1 aliphatic rings. The average molecular weight is 467 g/mol. The van der Waals surface area contributed by atoms with Crippen LogP contribution in [-0.2, 0) is 10.0 Å². The minimum atomic E-state index is -3.85. The van der Waals surface area contributed by atoms with Crippen molar-refractivity contribution in [1.82, 2.24) is 4.98 Å². The molecule has 33 heavy (non-hydrogen) atoms. The lowest BCUT2D eigenvalue weighted by Crippen LogP contribution is -2.47. The molecule has 2 aromatic carbocycles. The molecule has 0 saturated carbocycles. The van der Waals surface area contributed by atoms with Crippen LogP contribution in [0.3, 0.4) is 0 Å². The molecule has 3 aromatic rings. The number of aromatic carboxylic acids is 1. The summed E-state index contributed by atoms with van der Waals surface area (Å²) in [5.74, 6) is -0.212. The maximum atomic E-state index is 12.9. The molecule has 0 atom stereocenters. The Morgan fingerprint density at radius 2 is 1.70 bits per heavy atom. The fourth-order valence-electron chi connectivity index (χ4n) is 4.07. The molecular weight excluding hydrogens is 440 g/mol. The van der Waals surface area contributed by atoms with E-state index in [0.29, 0.717) is 37.4 Å². The third kappa shape index (κ3) is 4.93. The van der Waals surface area contributed by atoms with Crippen molar-refractivity contribution in [2.45, 2.75) is 18.7 Å². The van der Waals surface area contributed by atoms with E-state index >= 15 is 0 Å². The number of sulfonamides is 1. The van der Waals surface area contributed by atoms with Crippen LogP contribution in [0.4, 0.5) is 17.2 Å². The number of nitrogens with zero attached hydrogens (tertiary/aromatic N) is 3. The summed E-state index contributed by atoms with van der Waals surface area (Å²) in [6, 6.07) is 15.5. The van der Waals surface area contributed by atoms with Gasteiger partial charge in [0.25, 0.3) is 10.0 Å². The second kappa shape index (κ2) is 9.11. The molecule has 9 heteroatoms. The predicted molar refractivity (Wildman–Crippen MR) is 129 cm³/mol. The average Bonchev–Trinajstić information content (AvgIpc) is 2.79. The van der Waals surface area contributed by atoms with E-state index < -0.39 is 16.0 Å². The largest absolute Gasteiger partial charge is 0.478 e. The normalized spacial score (nSPS) is 14.2. The van der Waals surface area contributed by atoms with Gasteiger partial charge in [-0.2, -0.15) is 0 Å². The Morgan fingerprint density at radius 1 is 0.970 bits per heavy atom. The molecule has 4 rings (SSSR count). The summed E-state index contributed by atoms with van der Waals surface area (Å²) < 4.78 is 28.3. The highest BCUT2D eigenvalue weighted by Crippen LogP contribution is 2.28. The van der Waals surface area contributed by atoms with Gasteiger partial charge in [0.15, 0.2) is 0 Å². The molecule has 0 spiro atoms. The van der Waals surface area contributed by atoms with Crippen molar-refractivity contribution in [3.8, 4) is 0 Å². The van der Waals surface area contributed by atoms with Gasteiger partial charge in [0.2, 0.25) is 0 Å². The van der Waals surface area contributed by atoms with Gasteiger partial charge in [-0.05, 0) is 55.8 Å². The summed E-state index contributed by atoms with van der Waals surface area (Å²) in [6.45, 7) is 6.30.